The van der Waals surface area contributed by atoms with Crippen LogP contribution in [0.4, 0.5) is 0 Å². The van der Waals surface area contributed by atoms with Crippen LogP contribution in [0.25, 0.3) is 10.9 Å². The molecule has 0 radical (unpaired) electrons. The molecule has 0 saturated heterocycles. The van der Waals surface area contributed by atoms with Crippen LogP contribution in [0, 0.1) is 0 Å². The van der Waals surface area contributed by atoms with Gasteiger partial charge in [-0.1, -0.05) is 24.3 Å². The van der Waals surface area contributed by atoms with Crippen LogP contribution in [-0.4, -0.2) is 9.97 Å². The average molecular weight is 328 g/mol. The van der Waals surface area contributed by atoms with E-state index in [2.05, 4.69) is 32.0 Å². The van der Waals surface area contributed by atoms with Gasteiger partial charge in [-0.2, -0.15) is 0 Å². The van der Waals surface area contributed by atoms with Crippen LogP contribution in [0.2, 0.25) is 0 Å². The molecular formula is C16H14BrN3. The van der Waals surface area contributed by atoms with Gasteiger partial charge in [0.1, 0.15) is 0 Å². The second-order valence-electron chi connectivity index (χ2n) is 4.68. The largest absolute Gasteiger partial charge is 0.322 e. The maximum Gasteiger partial charge on any atom is 0.0724 e. The van der Waals surface area contributed by atoms with Gasteiger partial charge >= 0.3 is 0 Å². The van der Waals surface area contributed by atoms with E-state index in [1.165, 1.54) is 0 Å². The standard InChI is InChI=1S/C16H14BrN3/c17-13-9-11-5-1-2-7-15(11)20-16(13)14(18)10-12-6-3-4-8-19-12/h1-9,14H,10,18H2. The van der Waals surface area contributed by atoms with E-state index in [0.717, 1.165) is 26.8 Å². The quantitative estimate of drug-likeness (QED) is 0.799. The van der Waals surface area contributed by atoms with E-state index < -0.39 is 0 Å². The van der Waals surface area contributed by atoms with Crippen LogP contribution in [0.5, 0.6) is 0 Å². The highest BCUT2D eigenvalue weighted by molar-refractivity contribution is 9.10. The fourth-order valence-corrected chi connectivity index (χ4v) is 2.84. The fourth-order valence-electron chi connectivity index (χ4n) is 2.21. The van der Waals surface area contributed by atoms with Crippen molar-refractivity contribution in [1.82, 2.24) is 9.97 Å². The molecule has 1 unspecified atom stereocenters. The molecule has 1 aromatic carbocycles. The molecular weight excluding hydrogens is 314 g/mol. The molecule has 1 atom stereocenters. The zero-order chi connectivity index (χ0) is 13.9. The summed E-state index contributed by atoms with van der Waals surface area (Å²) < 4.78 is 0.944. The minimum atomic E-state index is -0.177. The van der Waals surface area contributed by atoms with Crippen LogP contribution >= 0.6 is 15.9 Å². The highest BCUT2D eigenvalue weighted by Gasteiger charge is 2.14. The van der Waals surface area contributed by atoms with Gasteiger partial charge in [0.2, 0.25) is 0 Å². The molecule has 0 amide bonds. The molecule has 20 heavy (non-hydrogen) atoms. The third kappa shape index (κ3) is 2.71. The zero-order valence-electron chi connectivity index (χ0n) is 10.8. The Morgan fingerprint density at radius 3 is 2.70 bits per heavy atom. The summed E-state index contributed by atoms with van der Waals surface area (Å²) in [6.45, 7) is 0. The Morgan fingerprint density at radius 1 is 1.10 bits per heavy atom. The number of pyridine rings is 2. The number of para-hydroxylation sites is 1. The lowest BCUT2D eigenvalue weighted by Gasteiger charge is -2.13. The third-order valence-corrected chi connectivity index (χ3v) is 3.85. The van der Waals surface area contributed by atoms with Crippen LogP contribution < -0.4 is 5.73 Å². The van der Waals surface area contributed by atoms with Gasteiger partial charge in [-0.25, -0.2) is 4.98 Å². The average Bonchev–Trinajstić information content (AvgIpc) is 2.47. The van der Waals surface area contributed by atoms with Crippen molar-refractivity contribution in [3.05, 3.63) is 70.6 Å². The first-order valence-corrected chi connectivity index (χ1v) is 7.24. The van der Waals surface area contributed by atoms with Crippen molar-refractivity contribution in [2.24, 2.45) is 5.73 Å². The number of halogens is 1. The van der Waals surface area contributed by atoms with E-state index in [-0.39, 0.29) is 6.04 Å². The van der Waals surface area contributed by atoms with Gasteiger partial charge < -0.3 is 5.73 Å². The predicted molar refractivity (Wildman–Crippen MR) is 84.3 cm³/mol. The van der Waals surface area contributed by atoms with Crippen molar-refractivity contribution in [2.45, 2.75) is 12.5 Å². The van der Waals surface area contributed by atoms with Crippen molar-refractivity contribution in [3.63, 3.8) is 0 Å². The highest BCUT2D eigenvalue weighted by atomic mass is 79.9. The zero-order valence-corrected chi connectivity index (χ0v) is 12.4. The Bertz CT molecular complexity index is 728. The summed E-state index contributed by atoms with van der Waals surface area (Å²) in [5, 5.41) is 1.10. The van der Waals surface area contributed by atoms with Crippen molar-refractivity contribution < 1.29 is 0 Å². The first-order valence-electron chi connectivity index (χ1n) is 6.45. The lowest BCUT2D eigenvalue weighted by molar-refractivity contribution is 0.683. The Balaban J connectivity index is 1.95. The topological polar surface area (TPSA) is 51.8 Å². The molecule has 2 heterocycles. The van der Waals surface area contributed by atoms with Crippen molar-refractivity contribution in [2.75, 3.05) is 0 Å². The Morgan fingerprint density at radius 2 is 1.90 bits per heavy atom. The molecule has 0 aliphatic rings. The summed E-state index contributed by atoms with van der Waals surface area (Å²) in [6, 6.07) is 15.8. The molecule has 3 aromatic rings. The van der Waals surface area contributed by atoms with Crippen molar-refractivity contribution in [1.29, 1.82) is 0 Å². The second-order valence-corrected chi connectivity index (χ2v) is 5.53. The molecule has 0 aliphatic heterocycles. The number of rotatable bonds is 3. The number of benzene rings is 1. The number of nitrogens with two attached hydrogens (primary N) is 1. The summed E-state index contributed by atoms with van der Waals surface area (Å²) in [5.41, 5.74) is 9.09. The molecule has 3 rings (SSSR count). The maximum absolute atomic E-state index is 6.29. The number of nitrogens with zero attached hydrogens (tertiary/aromatic N) is 2. The van der Waals surface area contributed by atoms with Crippen LogP contribution in [0.15, 0.2) is 59.2 Å². The summed E-state index contributed by atoms with van der Waals surface area (Å²) in [4.78, 5) is 8.98. The Labute approximate surface area is 126 Å². The van der Waals surface area contributed by atoms with Crippen LogP contribution in [0.3, 0.4) is 0 Å². The Kier molecular flexibility index (Phi) is 3.76. The molecule has 2 aromatic heterocycles. The second kappa shape index (κ2) is 5.69. The monoisotopic (exact) mass is 327 g/mol. The summed E-state index contributed by atoms with van der Waals surface area (Å²) in [7, 11) is 0. The molecule has 100 valence electrons. The van der Waals surface area contributed by atoms with Gasteiger partial charge in [0.15, 0.2) is 0 Å². The van der Waals surface area contributed by atoms with Crippen LogP contribution in [-0.2, 0) is 6.42 Å². The van der Waals surface area contributed by atoms with E-state index in [1.807, 2.05) is 42.5 Å². The van der Waals surface area contributed by atoms with Crippen LogP contribution in [0.1, 0.15) is 17.4 Å². The molecule has 0 bridgehead atoms. The van der Waals surface area contributed by atoms with Gasteiger partial charge in [-0.15, -0.1) is 0 Å². The number of hydrogen-bond donors (Lipinski definition) is 1. The summed E-state index contributed by atoms with van der Waals surface area (Å²) in [5.74, 6) is 0. The minimum absolute atomic E-state index is 0.177. The fraction of sp³-hybridized carbons (Fsp3) is 0.125. The molecule has 3 nitrogen and oxygen atoms in total. The molecule has 4 heteroatoms. The SMILES string of the molecule is NC(Cc1ccccn1)c1nc2ccccc2cc1Br. The number of hydrogen-bond acceptors (Lipinski definition) is 3. The highest BCUT2D eigenvalue weighted by Crippen LogP contribution is 2.26. The van der Waals surface area contributed by atoms with Crippen molar-refractivity contribution in [3.8, 4) is 0 Å². The van der Waals surface area contributed by atoms with E-state index in [4.69, 9.17) is 5.73 Å². The summed E-state index contributed by atoms with van der Waals surface area (Å²) in [6.07, 6.45) is 2.45. The smallest absolute Gasteiger partial charge is 0.0724 e. The minimum Gasteiger partial charge on any atom is -0.322 e. The summed E-state index contributed by atoms with van der Waals surface area (Å²) >= 11 is 3.57. The van der Waals surface area contributed by atoms with E-state index in [0.29, 0.717) is 6.42 Å². The van der Waals surface area contributed by atoms with Gasteiger partial charge in [0, 0.05) is 28.2 Å². The normalized spacial score (nSPS) is 12.5. The van der Waals surface area contributed by atoms with Gasteiger partial charge in [0.05, 0.1) is 17.3 Å². The maximum atomic E-state index is 6.29. The first kappa shape index (κ1) is 13.2. The molecule has 2 N–H and O–H groups in total. The lowest BCUT2D eigenvalue weighted by atomic mass is 10.1. The Hall–Kier alpha value is -1.78. The predicted octanol–water partition coefficient (Wildman–Crippen LogP) is 3.63. The van der Waals surface area contributed by atoms with E-state index in [9.17, 15) is 0 Å². The lowest BCUT2D eigenvalue weighted by Crippen LogP contribution is -2.16. The molecule has 0 saturated carbocycles. The first-order chi connectivity index (χ1) is 9.74. The van der Waals surface area contributed by atoms with Gasteiger partial charge in [-0.3, -0.25) is 4.98 Å². The van der Waals surface area contributed by atoms with Crippen molar-refractivity contribution >= 4 is 26.8 Å². The number of fused-ring (bicyclic) bond motifs is 1. The molecule has 0 spiro atoms. The van der Waals surface area contributed by atoms with Gasteiger partial charge in [0.25, 0.3) is 0 Å². The van der Waals surface area contributed by atoms with E-state index >= 15 is 0 Å². The number of aromatic nitrogens is 2. The third-order valence-electron chi connectivity index (χ3n) is 3.21. The van der Waals surface area contributed by atoms with E-state index in [1.54, 1.807) is 6.20 Å². The molecule has 0 aliphatic carbocycles. The molecule has 0 fully saturated rings. The van der Waals surface area contributed by atoms with Gasteiger partial charge in [-0.05, 0) is 40.2 Å².